The number of nitrogens with zero attached hydrogens (tertiary/aromatic N) is 1. The zero-order valence-electron chi connectivity index (χ0n) is 11.4. The predicted octanol–water partition coefficient (Wildman–Crippen LogP) is 1.83. The van der Waals surface area contributed by atoms with Crippen molar-refractivity contribution >= 4 is 5.78 Å². The summed E-state index contributed by atoms with van der Waals surface area (Å²) in [5, 5.41) is 3.40. The van der Waals surface area contributed by atoms with E-state index >= 15 is 0 Å². The molecule has 2 heterocycles. The van der Waals surface area contributed by atoms with Crippen LogP contribution in [0.15, 0.2) is 30.3 Å². The normalized spacial score (nSPS) is 23.7. The van der Waals surface area contributed by atoms with Crippen molar-refractivity contribution in [1.82, 2.24) is 10.2 Å². The summed E-state index contributed by atoms with van der Waals surface area (Å²) in [7, 11) is 0. The maximum Gasteiger partial charge on any atom is 0.141 e. The van der Waals surface area contributed by atoms with Crippen LogP contribution in [-0.2, 0) is 11.3 Å². The van der Waals surface area contributed by atoms with Gasteiger partial charge in [0.25, 0.3) is 0 Å². The second-order valence-electron chi connectivity index (χ2n) is 5.89. The van der Waals surface area contributed by atoms with E-state index in [-0.39, 0.29) is 5.41 Å². The molecule has 3 rings (SSSR count). The van der Waals surface area contributed by atoms with Crippen molar-refractivity contribution < 1.29 is 4.79 Å². The molecule has 102 valence electrons. The summed E-state index contributed by atoms with van der Waals surface area (Å²) >= 11 is 0. The van der Waals surface area contributed by atoms with Gasteiger partial charge in [-0.1, -0.05) is 30.3 Å². The number of hydrogen-bond donors (Lipinski definition) is 1. The molecule has 3 heteroatoms. The first-order valence-electron chi connectivity index (χ1n) is 7.29. The lowest BCUT2D eigenvalue weighted by Crippen LogP contribution is -2.53. The Morgan fingerprint density at radius 1 is 1.16 bits per heavy atom. The number of rotatable bonds is 2. The van der Waals surface area contributed by atoms with Gasteiger partial charge in [0.1, 0.15) is 5.78 Å². The van der Waals surface area contributed by atoms with Gasteiger partial charge < -0.3 is 5.32 Å². The Morgan fingerprint density at radius 3 is 2.58 bits per heavy atom. The van der Waals surface area contributed by atoms with Gasteiger partial charge in [-0.05, 0) is 31.5 Å². The molecule has 1 aromatic carbocycles. The molecular formula is C16H22N2O. The van der Waals surface area contributed by atoms with E-state index in [1.807, 2.05) is 0 Å². The number of piperidine rings is 2. The zero-order chi connectivity index (χ0) is 13.1. The van der Waals surface area contributed by atoms with Gasteiger partial charge in [0.15, 0.2) is 0 Å². The van der Waals surface area contributed by atoms with Crippen LogP contribution >= 0.6 is 0 Å². The van der Waals surface area contributed by atoms with Gasteiger partial charge in [-0.25, -0.2) is 0 Å². The summed E-state index contributed by atoms with van der Waals surface area (Å²) in [4.78, 5) is 14.7. The highest BCUT2D eigenvalue weighted by atomic mass is 16.1. The van der Waals surface area contributed by atoms with Crippen LogP contribution in [0.25, 0.3) is 0 Å². The van der Waals surface area contributed by atoms with Crippen molar-refractivity contribution in [2.75, 3.05) is 26.2 Å². The van der Waals surface area contributed by atoms with E-state index in [9.17, 15) is 4.79 Å². The van der Waals surface area contributed by atoms with Gasteiger partial charge in [-0.3, -0.25) is 9.69 Å². The number of hydrogen-bond acceptors (Lipinski definition) is 3. The highest BCUT2D eigenvalue weighted by molar-refractivity contribution is 5.86. The minimum absolute atomic E-state index is 0.0502. The summed E-state index contributed by atoms with van der Waals surface area (Å²) < 4.78 is 0. The fourth-order valence-electron chi connectivity index (χ4n) is 3.33. The molecule has 1 N–H and O–H groups in total. The van der Waals surface area contributed by atoms with Crippen molar-refractivity contribution in [3.63, 3.8) is 0 Å². The Morgan fingerprint density at radius 2 is 1.89 bits per heavy atom. The summed E-state index contributed by atoms with van der Waals surface area (Å²) in [5.74, 6) is 0.491. The first-order chi connectivity index (χ1) is 9.28. The first kappa shape index (κ1) is 12.8. The van der Waals surface area contributed by atoms with Crippen LogP contribution in [0.1, 0.15) is 24.8 Å². The van der Waals surface area contributed by atoms with E-state index in [1.54, 1.807) is 0 Å². The minimum atomic E-state index is -0.0502. The highest BCUT2D eigenvalue weighted by Gasteiger charge is 2.41. The van der Waals surface area contributed by atoms with Crippen LogP contribution in [0.4, 0.5) is 0 Å². The van der Waals surface area contributed by atoms with Crippen molar-refractivity contribution in [1.29, 1.82) is 0 Å². The molecule has 0 amide bonds. The Bertz CT molecular complexity index is 435. The second kappa shape index (κ2) is 5.43. The van der Waals surface area contributed by atoms with Crippen LogP contribution in [-0.4, -0.2) is 36.9 Å². The number of ketones is 1. The number of carbonyl (C=O) groups is 1. The molecule has 0 atom stereocenters. The van der Waals surface area contributed by atoms with Crippen LogP contribution in [0.2, 0.25) is 0 Å². The number of likely N-dealkylation sites (tertiary alicyclic amines) is 1. The average Bonchev–Trinajstić information content (AvgIpc) is 2.46. The maximum absolute atomic E-state index is 12.2. The smallest absolute Gasteiger partial charge is 0.141 e. The van der Waals surface area contributed by atoms with E-state index in [0.29, 0.717) is 5.78 Å². The molecule has 1 aromatic rings. The van der Waals surface area contributed by atoms with E-state index in [1.165, 1.54) is 5.56 Å². The molecule has 2 fully saturated rings. The lowest BCUT2D eigenvalue weighted by atomic mass is 9.72. The summed E-state index contributed by atoms with van der Waals surface area (Å²) in [6.45, 7) is 4.86. The third-order valence-corrected chi connectivity index (χ3v) is 4.65. The fourth-order valence-corrected chi connectivity index (χ4v) is 3.33. The van der Waals surface area contributed by atoms with Gasteiger partial charge in [-0.2, -0.15) is 0 Å². The summed E-state index contributed by atoms with van der Waals surface area (Å²) in [6, 6.07) is 10.6. The third kappa shape index (κ3) is 2.72. The van der Waals surface area contributed by atoms with Crippen LogP contribution < -0.4 is 5.32 Å². The van der Waals surface area contributed by atoms with Gasteiger partial charge in [0.2, 0.25) is 0 Å². The van der Waals surface area contributed by atoms with Gasteiger partial charge in [-0.15, -0.1) is 0 Å². The Kier molecular flexibility index (Phi) is 3.67. The minimum Gasteiger partial charge on any atom is -0.315 e. The van der Waals surface area contributed by atoms with Crippen molar-refractivity contribution in [3.8, 4) is 0 Å². The fraction of sp³-hybridized carbons (Fsp3) is 0.562. The first-order valence-corrected chi connectivity index (χ1v) is 7.29. The number of carbonyl (C=O) groups excluding carboxylic acids is 1. The Labute approximate surface area is 115 Å². The second-order valence-corrected chi connectivity index (χ2v) is 5.89. The molecule has 0 unspecified atom stereocenters. The standard InChI is InChI=1S/C16H22N2O/c19-15-6-9-17-13-16(15)7-10-18(11-8-16)12-14-4-2-1-3-5-14/h1-5,17H,6-13H2. The molecule has 0 aliphatic carbocycles. The van der Waals surface area contributed by atoms with E-state index in [4.69, 9.17) is 0 Å². The summed E-state index contributed by atoms with van der Waals surface area (Å²) in [6.07, 6.45) is 2.76. The lowest BCUT2D eigenvalue weighted by Gasteiger charge is -2.43. The maximum atomic E-state index is 12.2. The topological polar surface area (TPSA) is 32.3 Å². The quantitative estimate of drug-likeness (QED) is 0.878. The van der Waals surface area contributed by atoms with Crippen LogP contribution in [0.5, 0.6) is 0 Å². The zero-order valence-corrected chi connectivity index (χ0v) is 11.4. The molecule has 1 spiro atoms. The molecule has 0 saturated carbocycles. The molecule has 0 bridgehead atoms. The average molecular weight is 258 g/mol. The monoisotopic (exact) mass is 258 g/mol. The molecule has 3 nitrogen and oxygen atoms in total. The molecule has 2 aliphatic rings. The van der Waals surface area contributed by atoms with Gasteiger partial charge in [0.05, 0.1) is 0 Å². The van der Waals surface area contributed by atoms with E-state index in [2.05, 4.69) is 40.5 Å². The van der Waals surface area contributed by atoms with E-state index in [0.717, 1.165) is 52.0 Å². The van der Waals surface area contributed by atoms with Crippen molar-refractivity contribution in [3.05, 3.63) is 35.9 Å². The Balaban J connectivity index is 1.59. The number of nitrogens with one attached hydrogen (secondary N) is 1. The van der Waals surface area contributed by atoms with Crippen molar-refractivity contribution in [2.24, 2.45) is 5.41 Å². The molecular weight excluding hydrogens is 236 g/mol. The molecule has 2 saturated heterocycles. The SMILES string of the molecule is O=C1CCNCC12CCN(Cc1ccccc1)CC2. The van der Waals surface area contributed by atoms with Crippen LogP contribution in [0.3, 0.4) is 0 Å². The number of Topliss-reactive ketones (excluding diaryl/α,β-unsaturated/α-hetero) is 1. The largest absolute Gasteiger partial charge is 0.315 e. The summed E-state index contributed by atoms with van der Waals surface area (Å²) in [5.41, 5.74) is 1.32. The molecule has 0 radical (unpaired) electrons. The van der Waals surface area contributed by atoms with Crippen LogP contribution in [0, 0.1) is 5.41 Å². The van der Waals surface area contributed by atoms with Gasteiger partial charge in [0, 0.05) is 31.5 Å². The number of benzene rings is 1. The highest BCUT2D eigenvalue weighted by Crippen LogP contribution is 2.35. The lowest BCUT2D eigenvalue weighted by molar-refractivity contribution is -0.133. The molecule has 19 heavy (non-hydrogen) atoms. The van der Waals surface area contributed by atoms with Crippen molar-refractivity contribution in [2.45, 2.75) is 25.8 Å². The predicted molar refractivity (Wildman–Crippen MR) is 75.9 cm³/mol. The van der Waals surface area contributed by atoms with Gasteiger partial charge >= 0.3 is 0 Å². The molecule has 2 aliphatic heterocycles. The Hall–Kier alpha value is -1.19. The molecule has 0 aromatic heterocycles. The van der Waals surface area contributed by atoms with E-state index < -0.39 is 0 Å². The third-order valence-electron chi connectivity index (χ3n) is 4.65.